The molecule has 2 heteroatoms. The van der Waals surface area contributed by atoms with E-state index in [0.717, 1.165) is 48.3 Å². The molecule has 0 heterocycles. The van der Waals surface area contributed by atoms with Crippen molar-refractivity contribution in [3.05, 3.63) is 23.8 Å². The Bertz CT molecular complexity index is 678. The van der Waals surface area contributed by atoms with Crippen molar-refractivity contribution in [3.63, 3.8) is 0 Å². The molecule has 0 aromatic carbocycles. The van der Waals surface area contributed by atoms with Gasteiger partial charge in [0.2, 0.25) is 0 Å². The number of allylic oxidation sites excluding steroid dienone is 3. The van der Waals surface area contributed by atoms with Crippen molar-refractivity contribution in [2.24, 2.45) is 52.3 Å². The Labute approximate surface area is 192 Å². The summed E-state index contributed by atoms with van der Waals surface area (Å²) in [4.78, 5) is 0. The summed E-state index contributed by atoms with van der Waals surface area (Å²) in [5.74, 6) is 5.70. The van der Waals surface area contributed by atoms with Crippen molar-refractivity contribution in [1.82, 2.24) is 0 Å². The lowest BCUT2D eigenvalue weighted by molar-refractivity contribution is -0.0540. The Morgan fingerprint density at radius 3 is 2.45 bits per heavy atom. The van der Waals surface area contributed by atoms with Crippen LogP contribution in [0, 0.1) is 52.3 Å². The summed E-state index contributed by atoms with van der Waals surface area (Å²) in [6.45, 7) is 14.8. The Morgan fingerprint density at radius 2 is 1.77 bits per heavy atom. The maximum atomic E-state index is 10.2. The zero-order valence-corrected chi connectivity index (χ0v) is 21.2. The molecule has 3 saturated carbocycles. The van der Waals surface area contributed by atoms with E-state index < -0.39 is 0 Å². The van der Waals surface area contributed by atoms with Gasteiger partial charge in [-0.05, 0) is 110 Å². The van der Waals surface area contributed by atoms with E-state index in [1.54, 1.807) is 5.57 Å². The van der Waals surface area contributed by atoms with Gasteiger partial charge in [0.05, 0.1) is 6.10 Å². The summed E-state index contributed by atoms with van der Waals surface area (Å²) in [6, 6.07) is 0. The van der Waals surface area contributed by atoms with Gasteiger partial charge >= 0.3 is 0 Å². The highest BCUT2D eigenvalue weighted by molar-refractivity contribution is 5.25. The smallest absolute Gasteiger partial charge is 0.0577 e. The molecule has 0 aromatic rings. The monoisotopic (exact) mass is 430 g/mol. The third kappa shape index (κ3) is 4.21. The van der Waals surface area contributed by atoms with E-state index in [-0.39, 0.29) is 11.6 Å². The second-order valence-electron chi connectivity index (χ2n) is 12.4. The molecule has 4 aliphatic rings. The minimum absolute atomic E-state index is 0. The molecule has 31 heavy (non-hydrogen) atoms. The van der Waals surface area contributed by atoms with Crippen LogP contribution in [0.4, 0.5) is 0 Å². The molecule has 9 atom stereocenters. The fraction of sp³-hybridized carbons (Fsp3) is 0.862. The predicted molar refractivity (Wildman–Crippen MR) is 132 cm³/mol. The molecule has 4 rings (SSSR count). The van der Waals surface area contributed by atoms with Crippen LogP contribution in [0.25, 0.3) is 0 Å². The maximum absolute atomic E-state index is 10.2. The SMILES string of the molecule is CC[C@H](/C=C/[C@@H](C)[C@H]1CC[C@H]2[C@@H]3CC=C4C[C@@H](O)CC[C@]4(C)[C@H]3CC[C@]12C)C(C)C.O. The van der Waals surface area contributed by atoms with Crippen LogP contribution in [0.3, 0.4) is 0 Å². The first kappa shape index (κ1) is 25.0. The first-order valence-electron chi connectivity index (χ1n) is 13.3. The van der Waals surface area contributed by atoms with E-state index in [1.807, 2.05) is 0 Å². The van der Waals surface area contributed by atoms with Gasteiger partial charge in [-0.15, -0.1) is 0 Å². The van der Waals surface area contributed by atoms with Crippen LogP contribution in [-0.2, 0) is 0 Å². The van der Waals surface area contributed by atoms with Crippen molar-refractivity contribution in [2.75, 3.05) is 0 Å². The third-order valence-electron chi connectivity index (χ3n) is 10.8. The summed E-state index contributed by atoms with van der Waals surface area (Å²) >= 11 is 0. The van der Waals surface area contributed by atoms with Crippen LogP contribution in [0.5, 0.6) is 0 Å². The van der Waals surface area contributed by atoms with E-state index in [0.29, 0.717) is 16.7 Å². The lowest BCUT2D eigenvalue weighted by atomic mass is 9.47. The van der Waals surface area contributed by atoms with E-state index in [4.69, 9.17) is 0 Å². The second-order valence-corrected chi connectivity index (χ2v) is 12.4. The van der Waals surface area contributed by atoms with Gasteiger partial charge in [-0.3, -0.25) is 0 Å². The fourth-order valence-corrected chi connectivity index (χ4v) is 8.83. The normalized spacial score (nSPS) is 44.1. The molecule has 0 saturated heterocycles. The highest BCUT2D eigenvalue weighted by Crippen LogP contribution is 2.67. The molecule has 178 valence electrons. The summed E-state index contributed by atoms with van der Waals surface area (Å²) in [5.41, 5.74) is 2.51. The van der Waals surface area contributed by atoms with E-state index in [2.05, 4.69) is 59.8 Å². The fourth-order valence-electron chi connectivity index (χ4n) is 8.83. The minimum atomic E-state index is -0.0870. The second kappa shape index (κ2) is 9.34. The van der Waals surface area contributed by atoms with E-state index in [1.165, 1.54) is 44.9 Å². The van der Waals surface area contributed by atoms with Crippen LogP contribution < -0.4 is 0 Å². The highest BCUT2D eigenvalue weighted by Gasteiger charge is 2.58. The molecule has 3 fully saturated rings. The number of aliphatic hydroxyl groups excluding tert-OH is 1. The van der Waals surface area contributed by atoms with Gasteiger partial charge in [0.25, 0.3) is 0 Å². The van der Waals surface area contributed by atoms with Gasteiger partial charge in [-0.1, -0.05) is 65.3 Å². The lowest BCUT2D eigenvalue weighted by Crippen LogP contribution is -2.50. The zero-order valence-electron chi connectivity index (χ0n) is 21.2. The predicted octanol–water partition coefficient (Wildman–Crippen LogP) is 6.98. The van der Waals surface area contributed by atoms with Crippen molar-refractivity contribution in [2.45, 2.75) is 105 Å². The minimum Gasteiger partial charge on any atom is -0.412 e. The molecule has 0 aromatic heterocycles. The summed E-state index contributed by atoms with van der Waals surface area (Å²) in [7, 11) is 0. The molecule has 2 nitrogen and oxygen atoms in total. The Morgan fingerprint density at radius 1 is 1.03 bits per heavy atom. The summed E-state index contributed by atoms with van der Waals surface area (Å²) < 4.78 is 0. The van der Waals surface area contributed by atoms with Crippen LogP contribution in [0.2, 0.25) is 0 Å². The molecule has 0 spiro atoms. The molecule has 4 aliphatic carbocycles. The maximum Gasteiger partial charge on any atom is 0.0577 e. The molecule has 0 amide bonds. The molecule has 0 radical (unpaired) electrons. The van der Waals surface area contributed by atoms with Crippen molar-refractivity contribution in [1.29, 1.82) is 0 Å². The largest absolute Gasteiger partial charge is 0.412 e. The van der Waals surface area contributed by atoms with E-state index in [9.17, 15) is 5.11 Å². The average Bonchev–Trinajstić information content (AvgIpc) is 3.06. The molecule has 0 unspecified atom stereocenters. The van der Waals surface area contributed by atoms with Gasteiger partial charge in [0.15, 0.2) is 0 Å². The number of hydrogen-bond acceptors (Lipinski definition) is 1. The number of aliphatic hydroxyl groups is 1. The summed E-state index contributed by atoms with van der Waals surface area (Å²) in [5, 5.41) is 10.2. The molecular formula is C29H50O2. The lowest BCUT2D eigenvalue weighted by Gasteiger charge is -2.58. The first-order chi connectivity index (χ1) is 14.2. The van der Waals surface area contributed by atoms with Crippen LogP contribution in [-0.4, -0.2) is 16.7 Å². The Hall–Kier alpha value is -0.600. The van der Waals surface area contributed by atoms with Crippen LogP contribution in [0.15, 0.2) is 23.8 Å². The molecule has 0 bridgehead atoms. The van der Waals surface area contributed by atoms with Gasteiger partial charge < -0.3 is 10.6 Å². The zero-order chi connectivity index (χ0) is 21.7. The van der Waals surface area contributed by atoms with Crippen LogP contribution >= 0.6 is 0 Å². The molecule has 3 N–H and O–H groups in total. The Balaban J connectivity index is 0.00000272. The first-order valence-corrected chi connectivity index (χ1v) is 13.3. The number of fused-ring (bicyclic) bond motifs is 5. The van der Waals surface area contributed by atoms with Gasteiger partial charge in [-0.2, -0.15) is 0 Å². The third-order valence-corrected chi connectivity index (χ3v) is 10.8. The highest BCUT2D eigenvalue weighted by atomic mass is 16.3. The van der Waals surface area contributed by atoms with Crippen LogP contribution in [0.1, 0.15) is 99.3 Å². The van der Waals surface area contributed by atoms with Gasteiger partial charge in [-0.25, -0.2) is 0 Å². The van der Waals surface area contributed by atoms with Gasteiger partial charge in [0.1, 0.15) is 0 Å². The average molecular weight is 431 g/mol. The topological polar surface area (TPSA) is 51.7 Å². The van der Waals surface area contributed by atoms with E-state index >= 15 is 0 Å². The van der Waals surface area contributed by atoms with Crippen molar-refractivity contribution < 1.29 is 10.6 Å². The quantitative estimate of drug-likeness (QED) is 0.470. The summed E-state index contributed by atoms with van der Waals surface area (Å²) in [6.07, 6.45) is 19.1. The van der Waals surface area contributed by atoms with Crippen molar-refractivity contribution in [3.8, 4) is 0 Å². The standard InChI is InChI=1S/C29H48O.H2O/c1-7-21(19(2)3)9-8-20(4)25-12-13-26-24-11-10-22-18-23(30)14-16-28(22,5)27(24)15-17-29(25,26)6;/h8-10,19-21,23-27,30H,7,11-18H2,1-6H3;1H2/b9-8+;/t20-,21-,23+,24+,25-,26+,27+,28+,29-;/m1./s1. The van der Waals surface area contributed by atoms with Crippen molar-refractivity contribution >= 4 is 0 Å². The Kier molecular flexibility index (Phi) is 7.54. The molecule has 0 aliphatic heterocycles. The van der Waals surface area contributed by atoms with Gasteiger partial charge in [0, 0.05) is 0 Å². The number of rotatable bonds is 5. The molecular weight excluding hydrogens is 380 g/mol. The number of hydrogen-bond donors (Lipinski definition) is 1.